The summed E-state index contributed by atoms with van der Waals surface area (Å²) in [6.45, 7) is 6.71. The quantitative estimate of drug-likeness (QED) is 0.840. The molecule has 0 radical (unpaired) electrons. The second-order valence-corrected chi connectivity index (χ2v) is 6.71. The first-order valence-electron chi connectivity index (χ1n) is 9.02. The zero-order valence-corrected chi connectivity index (χ0v) is 15.0. The van der Waals surface area contributed by atoms with E-state index in [9.17, 15) is 4.79 Å². The van der Waals surface area contributed by atoms with Gasteiger partial charge in [0.15, 0.2) is 0 Å². The van der Waals surface area contributed by atoms with E-state index in [0.717, 1.165) is 24.4 Å². The number of carbonyl (C=O) groups excluding carboxylic acids is 1. The Hall–Kier alpha value is -2.27. The summed E-state index contributed by atoms with van der Waals surface area (Å²) in [5.41, 5.74) is 2.32. The van der Waals surface area contributed by atoms with Crippen molar-refractivity contribution in [3.8, 4) is 0 Å². The molecule has 0 bridgehead atoms. The highest BCUT2D eigenvalue weighted by molar-refractivity contribution is 5.74. The summed E-state index contributed by atoms with van der Waals surface area (Å²) < 4.78 is 5.59. The molecule has 134 valence electrons. The molecule has 1 saturated heterocycles. The second-order valence-electron chi connectivity index (χ2n) is 6.71. The third-order valence-electron chi connectivity index (χ3n) is 4.91. The fourth-order valence-corrected chi connectivity index (χ4v) is 3.53. The largest absolute Gasteiger partial charge is 0.468 e. The van der Waals surface area contributed by atoms with Gasteiger partial charge >= 0.3 is 6.03 Å². The minimum Gasteiger partial charge on any atom is -0.468 e. The van der Waals surface area contributed by atoms with Crippen molar-refractivity contribution in [1.29, 1.82) is 0 Å². The maximum Gasteiger partial charge on any atom is 0.315 e. The number of carbonyl (C=O) groups is 1. The number of hydrogen-bond donors (Lipinski definition) is 2. The minimum absolute atomic E-state index is 0.0324. The van der Waals surface area contributed by atoms with Crippen LogP contribution in [0.3, 0.4) is 0 Å². The average Bonchev–Trinajstić information content (AvgIpc) is 3.29. The number of benzene rings is 1. The molecule has 2 amide bonds. The van der Waals surface area contributed by atoms with Gasteiger partial charge in [-0.1, -0.05) is 24.3 Å². The lowest BCUT2D eigenvalue weighted by molar-refractivity contribution is 0.202. The average molecular weight is 341 g/mol. The number of aryl methyl sites for hydroxylation is 1. The Morgan fingerprint density at radius 3 is 2.64 bits per heavy atom. The van der Waals surface area contributed by atoms with E-state index in [-0.39, 0.29) is 18.1 Å². The van der Waals surface area contributed by atoms with Crippen molar-refractivity contribution in [1.82, 2.24) is 15.5 Å². The Labute approximate surface area is 149 Å². The van der Waals surface area contributed by atoms with Crippen LogP contribution >= 0.6 is 0 Å². The molecule has 3 rings (SSSR count). The third kappa shape index (κ3) is 4.42. The summed E-state index contributed by atoms with van der Waals surface area (Å²) >= 11 is 0. The van der Waals surface area contributed by atoms with Crippen molar-refractivity contribution in [2.45, 2.75) is 38.8 Å². The molecule has 1 fully saturated rings. The highest BCUT2D eigenvalue weighted by atomic mass is 16.3. The standard InChI is InChI=1S/C20H27N3O2/c1-15-8-3-4-9-17(15)16(2)22-20(24)21-14-18(19-10-7-13-25-19)23-11-5-6-12-23/h3-4,7-10,13,16,18H,5-6,11-12,14H2,1-2H3,(H2,21,22,24). The van der Waals surface area contributed by atoms with Gasteiger partial charge in [-0.2, -0.15) is 0 Å². The number of rotatable bonds is 6. The SMILES string of the molecule is Cc1ccccc1C(C)NC(=O)NCC(c1ccco1)N1CCCC1. The number of furan rings is 1. The van der Waals surface area contributed by atoms with Gasteiger partial charge in [-0.15, -0.1) is 0 Å². The van der Waals surface area contributed by atoms with Gasteiger partial charge in [0.2, 0.25) is 0 Å². The van der Waals surface area contributed by atoms with Crippen LogP contribution in [0.15, 0.2) is 47.1 Å². The topological polar surface area (TPSA) is 57.5 Å². The summed E-state index contributed by atoms with van der Waals surface area (Å²) in [6, 6.07) is 11.9. The lowest BCUT2D eigenvalue weighted by Gasteiger charge is -2.26. The molecular formula is C20H27N3O2. The predicted octanol–water partition coefficient (Wildman–Crippen LogP) is 3.79. The van der Waals surface area contributed by atoms with E-state index in [4.69, 9.17) is 4.42 Å². The van der Waals surface area contributed by atoms with Gasteiger partial charge in [0, 0.05) is 6.54 Å². The maximum absolute atomic E-state index is 12.4. The molecule has 2 N–H and O–H groups in total. The third-order valence-corrected chi connectivity index (χ3v) is 4.91. The predicted molar refractivity (Wildman–Crippen MR) is 98.4 cm³/mol. The van der Waals surface area contributed by atoms with Crippen molar-refractivity contribution in [2.24, 2.45) is 0 Å². The molecule has 1 aliphatic heterocycles. The molecule has 0 saturated carbocycles. The van der Waals surface area contributed by atoms with Crippen LogP contribution in [0, 0.1) is 6.92 Å². The Balaban J connectivity index is 1.57. The summed E-state index contributed by atoms with van der Waals surface area (Å²) in [6.07, 6.45) is 4.10. The summed E-state index contributed by atoms with van der Waals surface area (Å²) in [7, 11) is 0. The molecule has 5 nitrogen and oxygen atoms in total. The summed E-state index contributed by atoms with van der Waals surface area (Å²) in [5, 5.41) is 6.05. The summed E-state index contributed by atoms with van der Waals surface area (Å²) in [4.78, 5) is 14.7. The number of urea groups is 1. The molecule has 5 heteroatoms. The van der Waals surface area contributed by atoms with E-state index in [0.29, 0.717) is 6.54 Å². The first-order chi connectivity index (χ1) is 12.1. The molecule has 2 atom stereocenters. The number of nitrogens with zero attached hydrogens (tertiary/aromatic N) is 1. The fraction of sp³-hybridized carbons (Fsp3) is 0.450. The number of hydrogen-bond acceptors (Lipinski definition) is 3. The van der Waals surface area contributed by atoms with Crippen molar-refractivity contribution < 1.29 is 9.21 Å². The first-order valence-corrected chi connectivity index (χ1v) is 9.02. The Morgan fingerprint density at radius 2 is 1.96 bits per heavy atom. The number of likely N-dealkylation sites (tertiary alicyclic amines) is 1. The van der Waals surface area contributed by atoms with Crippen LogP contribution in [0.4, 0.5) is 4.79 Å². The van der Waals surface area contributed by atoms with E-state index < -0.39 is 0 Å². The molecule has 25 heavy (non-hydrogen) atoms. The van der Waals surface area contributed by atoms with E-state index in [1.54, 1.807) is 6.26 Å². The van der Waals surface area contributed by atoms with Crippen molar-refractivity contribution >= 4 is 6.03 Å². The molecular weight excluding hydrogens is 314 g/mol. The molecule has 1 aromatic heterocycles. The Kier molecular flexibility index (Phi) is 5.76. The van der Waals surface area contributed by atoms with Crippen LogP contribution in [-0.4, -0.2) is 30.6 Å². The van der Waals surface area contributed by atoms with Gasteiger partial charge in [-0.3, -0.25) is 4.90 Å². The summed E-state index contributed by atoms with van der Waals surface area (Å²) in [5.74, 6) is 0.911. The van der Waals surface area contributed by atoms with E-state index in [1.165, 1.54) is 18.4 Å². The molecule has 2 heterocycles. The van der Waals surface area contributed by atoms with Crippen LogP contribution in [0.5, 0.6) is 0 Å². The Morgan fingerprint density at radius 1 is 1.20 bits per heavy atom. The smallest absolute Gasteiger partial charge is 0.315 e. The van der Waals surface area contributed by atoms with Crippen molar-refractivity contribution in [3.05, 3.63) is 59.5 Å². The molecule has 0 spiro atoms. The van der Waals surface area contributed by atoms with Crippen LogP contribution in [-0.2, 0) is 0 Å². The van der Waals surface area contributed by atoms with Gasteiger partial charge in [-0.25, -0.2) is 4.79 Å². The van der Waals surface area contributed by atoms with E-state index >= 15 is 0 Å². The lowest BCUT2D eigenvalue weighted by atomic mass is 10.0. The lowest BCUT2D eigenvalue weighted by Crippen LogP contribution is -2.42. The second kappa shape index (κ2) is 8.21. The van der Waals surface area contributed by atoms with Crippen molar-refractivity contribution in [2.75, 3.05) is 19.6 Å². The van der Waals surface area contributed by atoms with Gasteiger partial charge in [-0.05, 0) is 63.0 Å². The van der Waals surface area contributed by atoms with Gasteiger partial charge < -0.3 is 15.1 Å². The van der Waals surface area contributed by atoms with Crippen LogP contribution in [0.2, 0.25) is 0 Å². The fourth-order valence-electron chi connectivity index (χ4n) is 3.53. The first kappa shape index (κ1) is 17.5. The molecule has 2 aromatic rings. The monoisotopic (exact) mass is 341 g/mol. The molecule has 2 unspecified atom stereocenters. The minimum atomic E-state index is -0.147. The van der Waals surface area contributed by atoms with Crippen LogP contribution in [0.1, 0.15) is 48.7 Å². The molecule has 1 aliphatic rings. The molecule has 1 aromatic carbocycles. The Bertz CT molecular complexity index is 678. The van der Waals surface area contributed by atoms with Gasteiger partial charge in [0.05, 0.1) is 18.3 Å². The highest BCUT2D eigenvalue weighted by Gasteiger charge is 2.26. The normalized spacial score (nSPS) is 17.2. The number of nitrogens with one attached hydrogen (secondary N) is 2. The van der Waals surface area contributed by atoms with Crippen LogP contribution < -0.4 is 10.6 Å². The van der Waals surface area contributed by atoms with E-state index in [1.807, 2.05) is 31.2 Å². The van der Waals surface area contributed by atoms with Crippen molar-refractivity contribution in [3.63, 3.8) is 0 Å². The maximum atomic E-state index is 12.4. The molecule has 0 aliphatic carbocycles. The van der Waals surface area contributed by atoms with Crippen LogP contribution in [0.25, 0.3) is 0 Å². The number of amides is 2. The highest BCUT2D eigenvalue weighted by Crippen LogP contribution is 2.25. The zero-order valence-electron chi connectivity index (χ0n) is 15.0. The van der Waals surface area contributed by atoms with Gasteiger partial charge in [0.1, 0.15) is 5.76 Å². The van der Waals surface area contributed by atoms with Gasteiger partial charge in [0.25, 0.3) is 0 Å². The zero-order chi connectivity index (χ0) is 17.6. The van der Waals surface area contributed by atoms with E-state index in [2.05, 4.69) is 34.6 Å².